The standard InChI is InChI=1S/C17H19NO2/c1-11-8-9-14-6-4-5-7-16(14)18(11)17(19)15-10-12(2)20-13(15)3/h4-7,10-11H,8-9H2,1-3H3. The van der Waals surface area contributed by atoms with Crippen molar-refractivity contribution < 1.29 is 9.21 Å². The van der Waals surface area contributed by atoms with E-state index in [1.165, 1.54) is 5.56 Å². The van der Waals surface area contributed by atoms with Gasteiger partial charge < -0.3 is 9.32 Å². The summed E-state index contributed by atoms with van der Waals surface area (Å²) in [4.78, 5) is 14.8. The molecule has 2 heterocycles. The van der Waals surface area contributed by atoms with Crippen molar-refractivity contribution in [2.45, 2.75) is 39.7 Å². The lowest BCUT2D eigenvalue weighted by Gasteiger charge is -2.35. The van der Waals surface area contributed by atoms with Crippen molar-refractivity contribution in [2.75, 3.05) is 4.90 Å². The molecule has 0 aliphatic carbocycles. The average molecular weight is 269 g/mol. The number of nitrogens with zero attached hydrogens (tertiary/aromatic N) is 1. The Morgan fingerprint density at radius 3 is 2.75 bits per heavy atom. The maximum Gasteiger partial charge on any atom is 0.262 e. The Morgan fingerprint density at radius 2 is 2.05 bits per heavy atom. The molecule has 0 bridgehead atoms. The highest BCUT2D eigenvalue weighted by atomic mass is 16.3. The van der Waals surface area contributed by atoms with Gasteiger partial charge in [-0.1, -0.05) is 18.2 Å². The summed E-state index contributed by atoms with van der Waals surface area (Å²) in [5, 5.41) is 0. The molecule has 0 radical (unpaired) electrons. The number of hydrogen-bond acceptors (Lipinski definition) is 2. The van der Waals surface area contributed by atoms with Crippen LogP contribution in [0, 0.1) is 13.8 Å². The van der Waals surface area contributed by atoms with Crippen LogP contribution in [0.1, 0.15) is 40.8 Å². The van der Waals surface area contributed by atoms with Gasteiger partial charge in [-0.2, -0.15) is 0 Å². The van der Waals surface area contributed by atoms with Gasteiger partial charge in [-0.3, -0.25) is 4.79 Å². The van der Waals surface area contributed by atoms with Crippen molar-refractivity contribution in [3.63, 3.8) is 0 Å². The Morgan fingerprint density at radius 1 is 1.30 bits per heavy atom. The molecule has 1 atom stereocenters. The van der Waals surface area contributed by atoms with Crippen LogP contribution in [0.2, 0.25) is 0 Å². The number of carbonyl (C=O) groups is 1. The minimum Gasteiger partial charge on any atom is -0.466 e. The molecule has 0 N–H and O–H groups in total. The van der Waals surface area contributed by atoms with Crippen molar-refractivity contribution in [1.29, 1.82) is 0 Å². The SMILES string of the molecule is Cc1cc(C(=O)N2c3ccccc3CCC2C)c(C)o1. The van der Waals surface area contributed by atoms with E-state index in [1.807, 2.05) is 43.0 Å². The first-order chi connectivity index (χ1) is 9.58. The zero-order chi connectivity index (χ0) is 14.3. The number of hydrogen-bond donors (Lipinski definition) is 0. The maximum atomic E-state index is 12.9. The number of para-hydroxylation sites is 1. The molecule has 3 rings (SSSR count). The van der Waals surface area contributed by atoms with Gasteiger partial charge in [0.1, 0.15) is 11.5 Å². The molecule has 0 spiro atoms. The number of carbonyl (C=O) groups excluding carboxylic acids is 1. The number of aryl methyl sites for hydroxylation is 3. The third-order valence-corrected chi connectivity index (χ3v) is 4.01. The first-order valence-electron chi connectivity index (χ1n) is 7.06. The van der Waals surface area contributed by atoms with Crippen molar-refractivity contribution in [3.05, 3.63) is 53.0 Å². The fourth-order valence-electron chi connectivity index (χ4n) is 2.97. The smallest absolute Gasteiger partial charge is 0.262 e. The minimum atomic E-state index is 0.0407. The summed E-state index contributed by atoms with van der Waals surface area (Å²) in [6.45, 7) is 5.83. The molecule has 0 saturated carbocycles. The fourth-order valence-corrected chi connectivity index (χ4v) is 2.97. The first-order valence-corrected chi connectivity index (χ1v) is 7.06. The third kappa shape index (κ3) is 2.03. The Balaban J connectivity index is 2.05. The predicted molar refractivity (Wildman–Crippen MR) is 79.2 cm³/mol. The van der Waals surface area contributed by atoms with Gasteiger partial charge in [-0.15, -0.1) is 0 Å². The number of furan rings is 1. The van der Waals surface area contributed by atoms with Crippen molar-refractivity contribution in [2.24, 2.45) is 0 Å². The summed E-state index contributed by atoms with van der Waals surface area (Å²) < 4.78 is 5.50. The van der Waals surface area contributed by atoms with Gasteiger partial charge in [0.25, 0.3) is 5.91 Å². The van der Waals surface area contributed by atoms with Crippen LogP contribution in [0.25, 0.3) is 0 Å². The van der Waals surface area contributed by atoms with Crippen molar-refractivity contribution in [1.82, 2.24) is 0 Å². The molecule has 1 aliphatic heterocycles. The van der Waals surface area contributed by atoms with Crippen LogP contribution in [-0.4, -0.2) is 11.9 Å². The van der Waals surface area contributed by atoms with Gasteiger partial charge >= 0.3 is 0 Å². The second-order valence-corrected chi connectivity index (χ2v) is 5.52. The van der Waals surface area contributed by atoms with E-state index in [0.29, 0.717) is 11.3 Å². The van der Waals surface area contributed by atoms with E-state index < -0.39 is 0 Å². The number of rotatable bonds is 1. The number of benzene rings is 1. The van der Waals surface area contributed by atoms with Crippen LogP contribution in [0.3, 0.4) is 0 Å². The summed E-state index contributed by atoms with van der Waals surface area (Å²) in [6, 6.07) is 10.2. The molecule has 20 heavy (non-hydrogen) atoms. The summed E-state index contributed by atoms with van der Waals surface area (Å²) >= 11 is 0. The second-order valence-electron chi connectivity index (χ2n) is 5.52. The quantitative estimate of drug-likeness (QED) is 0.787. The first kappa shape index (κ1) is 13.0. The Labute approximate surface area is 119 Å². The molecular weight excluding hydrogens is 250 g/mol. The van der Waals surface area contributed by atoms with E-state index in [1.54, 1.807) is 0 Å². The van der Waals surface area contributed by atoms with E-state index in [2.05, 4.69) is 13.0 Å². The Bertz CT molecular complexity index is 657. The van der Waals surface area contributed by atoms with Gasteiger partial charge in [0.15, 0.2) is 0 Å². The molecule has 1 aromatic heterocycles. The number of fused-ring (bicyclic) bond motifs is 1. The molecule has 1 aromatic carbocycles. The average Bonchev–Trinajstić information content (AvgIpc) is 2.77. The zero-order valence-corrected chi connectivity index (χ0v) is 12.1. The van der Waals surface area contributed by atoms with Gasteiger partial charge in [-0.25, -0.2) is 0 Å². The molecule has 0 saturated heterocycles. The number of anilines is 1. The minimum absolute atomic E-state index is 0.0407. The normalized spacial score (nSPS) is 17.9. The van der Waals surface area contributed by atoms with E-state index in [0.717, 1.165) is 24.3 Å². The van der Waals surface area contributed by atoms with E-state index in [9.17, 15) is 4.79 Å². The molecule has 0 fully saturated rings. The maximum absolute atomic E-state index is 12.9. The second kappa shape index (κ2) is 4.82. The number of amides is 1. The van der Waals surface area contributed by atoms with Crippen LogP contribution in [0.15, 0.2) is 34.7 Å². The molecule has 3 heteroatoms. The summed E-state index contributed by atoms with van der Waals surface area (Å²) in [6.07, 6.45) is 2.03. The summed E-state index contributed by atoms with van der Waals surface area (Å²) in [5.41, 5.74) is 2.96. The molecule has 2 aromatic rings. The van der Waals surface area contributed by atoms with Crippen LogP contribution in [-0.2, 0) is 6.42 Å². The molecule has 1 amide bonds. The van der Waals surface area contributed by atoms with E-state index in [-0.39, 0.29) is 11.9 Å². The molecule has 3 nitrogen and oxygen atoms in total. The van der Waals surface area contributed by atoms with Gasteiger partial charge in [0.2, 0.25) is 0 Å². The van der Waals surface area contributed by atoms with Crippen LogP contribution in [0.5, 0.6) is 0 Å². The summed E-state index contributed by atoms with van der Waals surface area (Å²) in [5.74, 6) is 1.52. The molecule has 1 aliphatic rings. The topological polar surface area (TPSA) is 33.5 Å². The Kier molecular flexibility index (Phi) is 3.13. The van der Waals surface area contributed by atoms with E-state index >= 15 is 0 Å². The predicted octanol–water partition coefficient (Wildman–Crippen LogP) is 3.88. The highest BCUT2D eigenvalue weighted by Crippen LogP contribution is 2.32. The lowest BCUT2D eigenvalue weighted by Crippen LogP contribution is -2.42. The largest absolute Gasteiger partial charge is 0.466 e. The van der Waals surface area contributed by atoms with Gasteiger partial charge in [0.05, 0.1) is 5.56 Å². The zero-order valence-electron chi connectivity index (χ0n) is 12.1. The lowest BCUT2D eigenvalue weighted by molar-refractivity contribution is 0.0974. The molecule has 1 unspecified atom stereocenters. The van der Waals surface area contributed by atoms with Crippen LogP contribution < -0.4 is 4.90 Å². The highest BCUT2D eigenvalue weighted by molar-refractivity contribution is 6.07. The van der Waals surface area contributed by atoms with Crippen LogP contribution >= 0.6 is 0 Å². The van der Waals surface area contributed by atoms with E-state index in [4.69, 9.17) is 4.42 Å². The Hall–Kier alpha value is -2.03. The summed E-state index contributed by atoms with van der Waals surface area (Å²) in [7, 11) is 0. The van der Waals surface area contributed by atoms with Gasteiger partial charge in [0, 0.05) is 11.7 Å². The highest BCUT2D eigenvalue weighted by Gasteiger charge is 2.30. The van der Waals surface area contributed by atoms with Crippen molar-refractivity contribution in [3.8, 4) is 0 Å². The lowest BCUT2D eigenvalue weighted by atomic mass is 9.96. The molecular formula is C17H19NO2. The van der Waals surface area contributed by atoms with Crippen molar-refractivity contribution >= 4 is 11.6 Å². The molecule has 104 valence electrons. The van der Waals surface area contributed by atoms with Crippen LogP contribution in [0.4, 0.5) is 5.69 Å². The monoisotopic (exact) mass is 269 g/mol. The van der Waals surface area contributed by atoms with Gasteiger partial charge in [-0.05, 0) is 51.3 Å². The fraction of sp³-hybridized carbons (Fsp3) is 0.353. The third-order valence-electron chi connectivity index (χ3n) is 4.01.